The first-order valence-corrected chi connectivity index (χ1v) is 12.4. The minimum atomic E-state index is -0.202. The summed E-state index contributed by atoms with van der Waals surface area (Å²) in [6.45, 7) is 7.14. The monoisotopic (exact) mass is 469 g/mol. The zero-order chi connectivity index (χ0) is 22.7. The van der Waals surface area contributed by atoms with Crippen molar-refractivity contribution in [1.82, 2.24) is 20.1 Å². The fourth-order valence-electron chi connectivity index (χ4n) is 4.12. The van der Waals surface area contributed by atoms with Crippen LogP contribution in [0.5, 0.6) is 0 Å². The number of nitrogens with zero attached hydrogens (tertiary/aromatic N) is 3. The third-order valence-electron chi connectivity index (χ3n) is 5.77. The molecular weight excluding hydrogens is 440 g/mol. The highest BCUT2D eigenvalue weighted by atomic mass is 35.5. The Balaban J connectivity index is 1.53. The van der Waals surface area contributed by atoms with Gasteiger partial charge in [0.2, 0.25) is 5.91 Å². The summed E-state index contributed by atoms with van der Waals surface area (Å²) in [5.41, 5.74) is 3.53. The minimum absolute atomic E-state index is 0.0388. The van der Waals surface area contributed by atoms with E-state index >= 15 is 0 Å². The zero-order valence-electron chi connectivity index (χ0n) is 18.9. The molecule has 1 saturated carbocycles. The Bertz CT molecular complexity index is 1080. The van der Waals surface area contributed by atoms with Gasteiger partial charge in [0.1, 0.15) is 5.01 Å². The number of hydrogen-bond donors (Lipinski definition) is 1. The van der Waals surface area contributed by atoms with E-state index in [-0.39, 0.29) is 11.4 Å². The molecule has 0 unspecified atom stereocenters. The maximum atomic E-state index is 12.5. The van der Waals surface area contributed by atoms with Gasteiger partial charge in [-0.1, -0.05) is 23.7 Å². The lowest BCUT2D eigenvalue weighted by atomic mass is 9.89. The number of carbonyl (C=O) groups excluding carboxylic acids is 1. The Morgan fingerprint density at radius 1 is 1.31 bits per heavy atom. The molecule has 1 aliphatic carbocycles. The summed E-state index contributed by atoms with van der Waals surface area (Å²) >= 11 is 7.83. The van der Waals surface area contributed by atoms with Gasteiger partial charge in [-0.3, -0.25) is 9.48 Å². The van der Waals surface area contributed by atoms with Crippen molar-refractivity contribution >= 4 is 28.8 Å². The molecule has 2 heterocycles. The third kappa shape index (κ3) is 5.36. The largest absolute Gasteiger partial charge is 0.355 e. The lowest BCUT2D eigenvalue weighted by Gasteiger charge is -2.23. The molecule has 0 spiro atoms. The molecule has 0 aliphatic heterocycles. The summed E-state index contributed by atoms with van der Waals surface area (Å²) in [4.78, 5) is 17.3. The number of benzene rings is 1. The van der Waals surface area contributed by atoms with E-state index < -0.39 is 0 Å². The first-order chi connectivity index (χ1) is 15.3. The standard InChI is InChI=1S/C25H29ClN4OS/c1-25(2,3)30-23(18-10-7-11-19(26)12-18)21(15-28-30)24-29-20(16-32-24)13-22(31)27-14-17-8-5-4-6-9-17/h4,7,10-12,15-17H,5-6,8-9,13-14H2,1-3H3/p+1. The zero-order valence-corrected chi connectivity index (χ0v) is 20.5. The topological polar surface area (TPSA) is 59.8 Å². The highest BCUT2D eigenvalue weighted by Crippen LogP contribution is 2.37. The van der Waals surface area contributed by atoms with Crippen LogP contribution >= 0.6 is 22.9 Å². The molecule has 1 amide bonds. The van der Waals surface area contributed by atoms with Crippen LogP contribution in [-0.4, -0.2) is 27.2 Å². The molecule has 1 fully saturated rings. The maximum Gasteiger partial charge on any atom is 0.226 e. The van der Waals surface area contributed by atoms with Crippen LogP contribution in [0.1, 0.15) is 52.1 Å². The second-order valence-corrected chi connectivity index (χ2v) is 10.7. The maximum absolute atomic E-state index is 12.5. The van der Waals surface area contributed by atoms with Gasteiger partial charge in [0, 0.05) is 22.5 Å². The molecule has 32 heavy (non-hydrogen) atoms. The van der Waals surface area contributed by atoms with Gasteiger partial charge in [0.05, 0.1) is 54.4 Å². The number of hydrogen-bond acceptors (Lipinski definition) is 4. The number of carbonyl (C=O) groups is 1. The molecule has 1 aromatic carbocycles. The average Bonchev–Trinajstić information content (AvgIpc) is 3.40. The van der Waals surface area contributed by atoms with Gasteiger partial charge in [0.15, 0.2) is 0 Å². The molecule has 7 heteroatoms. The molecule has 5 nitrogen and oxygen atoms in total. The molecule has 0 radical (unpaired) electrons. The highest BCUT2D eigenvalue weighted by molar-refractivity contribution is 7.13. The molecule has 4 rings (SSSR count). The average molecular weight is 470 g/mol. The molecule has 1 N–H and O–H groups in total. The number of halogens is 1. The van der Waals surface area contributed by atoms with E-state index in [1.165, 1.54) is 12.8 Å². The lowest BCUT2D eigenvalue weighted by molar-refractivity contribution is -0.120. The summed E-state index contributed by atoms with van der Waals surface area (Å²) in [5, 5.41) is 11.3. The van der Waals surface area contributed by atoms with Crippen LogP contribution in [0.25, 0.3) is 21.8 Å². The Kier molecular flexibility index (Phi) is 6.91. The van der Waals surface area contributed by atoms with Crippen molar-refractivity contribution in [2.24, 2.45) is 5.92 Å². The van der Waals surface area contributed by atoms with Gasteiger partial charge in [-0.05, 0) is 51.7 Å². The SMILES string of the molecule is CC(C)(C)n1ncc(-c2nc(CC(=O)NCC3CC[CH+]CC3)cs2)c1-c1cccc(Cl)c1. The van der Waals surface area contributed by atoms with Crippen LogP contribution in [0.4, 0.5) is 0 Å². The normalized spacial score (nSPS) is 14.9. The van der Waals surface area contributed by atoms with Crippen molar-refractivity contribution in [1.29, 1.82) is 0 Å². The number of aromatic nitrogens is 3. The van der Waals surface area contributed by atoms with Gasteiger partial charge < -0.3 is 5.32 Å². The summed E-state index contributed by atoms with van der Waals surface area (Å²) in [6, 6.07) is 7.81. The highest BCUT2D eigenvalue weighted by Gasteiger charge is 2.25. The summed E-state index contributed by atoms with van der Waals surface area (Å²) in [6.07, 6.45) is 9.17. The predicted octanol–water partition coefficient (Wildman–Crippen LogP) is 6.14. The van der Waals surface area contributed by atoms with Crippen LogP contribution in [-0.2, 0) is 16.8 Å². The molecule has 0 atom stereocenters. The van der Waals surface area contributed by atoms with Crippen LogP contribution in [0.2, 0.25) is 5.02 Å². The van der Waals surface area contributed by atoms with Crippen molar-refractivity contribution < 1.29 is 4.79 Å². The Hall–Kier alpha value is -2.31. The van der Waals surface area contributed by atoms with E-state index in [4.69, 9.17) is 16.6 Å². The number of nitrogens with one attached hydrogen (secondary N) is 1. The third-order valence-corrected chi connectivity index (χ3v) is 6.93. The Morgan fingerprint density at radius 2 is 2.09 bits per heavy atom. The summed E-state index contributed by atoms with van der Waals surface area (Å²) in [5.74, 6) is 0.635. The smallest absolute Gasteiger partial charge is 0.226 e. The van der Waals surface area contributed by atoms with Crippen molar-refractivity contribution in [3.63, 3.8) is 0 Å². The van der Waals surface area contributed by atoms with Crippen molar-refractivity contribution in [3.8, 4) is 21.8 Å². The Morgan fingerprint density at radius 3 is 2.81 bits per heavy atom. The molecule has 3 aromatic rings. The molecule has 0 saturated heterocycles. The van der Waals surface area contributed by atoms with Gasteiger partial charge in [0.25, 0.3) is 0 Å². The summed E-state index contributed by atoms with van der Waals surface area (Å²) in [7, 11) is 0. The lowest BCUT2D eigenvalue weighted by Crippen LogP contribution is -2.31. The van der Waals surface area contributed by atoms with Gasteiger partial charge in [-0.2, -0.15) is 5.10 Å². The van der Waals surface area contributed by atoms with Crippen LogP contribution in [0.15, 0.2) is 35.8 Å². The predicted molar refractivity (Wildman–Crippen MR) is 132 cm³/mol. The second kappa shape index (κ2) is 9.67. The number of rotatable bonds is 6. The van der Waals surface area contributed by atoms with Crippen molar-refractivity contribution in [3.05, 3.63) is 53.0 Å². The quantitative estimate of drug-likeness (QED) is 0.441. The van der Waals surface area contributed by atoms with Gasteiger partial charge >= 0.3 is 0 Å². The van der Waals surface area contributed by atoms with Crippen LogP contribution in [0, 0.1) is 12.3 Å². The first-order valence-electron chi connectivity index (χ1n) is 11.2. The van der Waals surface area contributed by atoms with E-state index in [9.17, 15) is 4.79 Å². The van der Waals surface area contributed by atoms with E-state index in [2.05, 4.69) is 37.6 Å². The number of amides is 1. The molecule has 1 aliphatic rings. The van der Waals surface area contributed by atoms with E-state index in [1.54, 1.807) is 11.3 Å². The first kappa shape index (κ1) is 22.9. The van der Waals surface area contributed by atoms with E-state index in [0.29, 0.717) is 17.4 Å². The van der Waals surface area contributed by atoms with Crippen molar-refractivity contribution in [2.45, 2.75) is 58.4 Å². The molecule has 0 bridgehead atoms. The fraction of sp³-hybridized carbons (Fsp3) is 0.440. The summed E-state index contributed by atoms with van der Waals surface area (Å²) < 4.78 is 2.02. The van der Waals surface area contributed by atoms with E-state index in [1.807, 2.05) is 40.5 Å². The molecule has 168 valence electrons. The van der Waals surface area contributed by atoms with Crippen LogP contribution < -0.4 is 5.32 Å². The second-order valence-electron chi connectivity index (χ2n) is 9.43. The van der Waals surface area contributed by atoms with Gasteiger partial charge in [-0.15, -0.1) is 11.3 Å². The van der Waals surface area contributed by atoms with Crippen molar-refractivity contribution in [2.75, 3.05) is 6.54 Å². The molecule has 2 aromatic heterocycles. The van der Waals surface area contributed by atoms with Gasteiger partial charge in [-0.25, -0.2) is 4.98 Å². The fourth-order valence-corrected chi connectivity index (χ4v) is 5.14. The molecular formula is C25H30ClN4OS+. The van der Waals surface area contributed by atoms with E-state index in [0.717, 1.165) is 46.9 Å². The Labute approximate surface area is 199 Å². The van der Waals surface area contributed by atoms with Crippen LogP contribution in [0.3, 0.4) is 0 Å². The minimum Gasteiger partial charge on any atom is -0.355 e. The number of thiazole rings is 1.